The van der Waals surface area contributed by atoms with Crippen LogP contribution in [0.25, 0.3) is 0 Å². The molecule has 1 saturated heterocycles. The molecule has 1 heterocycles. The highest BCUT2D eigenvalue weighted by atomic mass is 19.1. The van der Waals surface area contributed by atoms with Gasteiger partial charge in [0, 0.05) is 18.8 Å². The number of aryl methyl sites for hydroxylation is 1. The number of rotatable bonds is 1. The third-order valence-corrected chi connectivity index (χ3v) is 5.09. The van der Waals surface area contributed by atoms with Gasteiger partial charge in [-0.15, -0.1) is 0 Å². The van der Waals surface area contributed by atoms with E-state index < -0.39 is 5.82 Å². The van der Waals surface area contributed by atoms with Crippen LogP contribution in [-0.2, 0) is 0 Å². The summed E-state index contributed by atoms with van der Waals surface area (Å²) < 4.78 is 14.2. The lowest BCUT2D eigenvalue weighted by atomic mass is 9.75. The monoisotopic (exact) mass is 290 g/mol. The molecule has 2 unspecified atom stereocenters. The lowest BCUT2D eigenvalue weighted by Gasteiger charge is -2.41. The fourth-order valence-electron chi connectivity index (χ4n) is 3.91. The summed E-state index contributed by atoms with van der Waals surface area (Å²) in [6.45, 7) is 3.17. The van der Waals surface area contributed by atoms with Crippen molar-refractivity contribution < 1.29 is 9.18 Å². The van der Waals surface area contributed by atoms with E-state index in [0.29, 0.717) is 17.2 Å². The fourth-order valence-corrected chi connectivity index (χ4v) is 3.91. The number of piperidine rings is 1. The van der Waals surface area contributed by atoms with E-state index in [1.54, 1.807) is 13.0 Å². The lowest BCUT2D eigenvalue weighted by molar-refractivity contribution is 0.0516. The zero-order valence-corrected chi connectivity index (χ0v) is 12.6. The standard InChI is InChI=1S/C17H23FN2O/c1-11-8-14(19)9-15(16(11)18)17(21)20-7-6-12-4-2-3-5-13(12)10-20/h8-9,12-13H,2-7,10,19H2,1H3. The average molecular weight is 290 g/mol. The minimum atomic E-state index is -0.431. The number of carbonyl (C=O) groups excluding carboxylic acids is 1. The van der Waals surface area contributed by atoms with E-state index in [-0.39, 0.29) is 11.5 Å². The van der Waals surface area contributed by atoms with Crippen molar-refractivity contribution in [2.75, 3.05) is 18.8 Å². The van der Waals surface area contributed by atoms with Crippen molar-refractivity contribution in [3.05, 3.63) is 29.1 Å². The predicted molar refractivity (Wildman–Crippen MR) is 81.5 cm³/mol. The van der Waals surface area contributed by atoms with Crippen molar-refractivity contribution in [2.45, 2.75) is 39.0 Å². The molecule has 2 N–H and O–H groups in total. The summed E-state index contributed by atoms with van der Waals surface area (Å²) >= 11 is 0. The van der Waals surface area contributed by atoms with E-state index in [1.807, 2.05) is 4.90 Å². The third-order valence-electron chi connectivity index (χ3n) is 5.09. The molecule has 2 atom stereocenters. The maximum atomic E-state index is 14.2. The molecule has 21 heavy (non-hydrogen) atoms. The molecule has 114 valence electrons. The zero-order valence-electron chi connectivity index (χ0n) is 12.6. The molecule has 1 aliphatic heterocycles. The molecule has 0 aromatic heterocycles. The molecular formula is C17H23FN2O. The number of anilines is 1. The third kappa shape index (κ3) is 2.76. The Balaban J connectivity index is 1.79. The van der Waals surface area contributed by atoms with Crippen LogP contribution in [-0.4, -0.2) is 23.9 Å². The largest absolute Gasteiger partial charge is 0.399 e. The molecule has 2 fully saturated rings. The van der Waals surface area contributed by atoms with Crippen LogP contribution in [0.5, 0.6) is 0 Å². The number of nitrogen functional groups attached to an aromatic ring is 1. The molecule has 1 saturated carbocycles. The number of benzene rings is 1. The summed E-state index contributed by atoms with van der Waals surface area (Å²) in [5.41, 5.74) is 6.78. The molecule has 1 aliphatic carbocycles. The van der Waals surface area contributed by atoms with Gasteiger partial charge in [0.25, 0.3) is 5.91 Å². The van der Waals surface area contributed by atoms with Gasteiger partial charge in [-0.1, -0.05) is 19.3 Å². The number of halogens is 1. The average Bonchev–Trinajstić information content (AvgIpc) is 2.49. The summed E-state index contributed by atoms with van der Waals surface area (Å²) in [5.74, 6) is 0.726. The van der Waals surface area contributed by atoms with Crippen LogP contribution in [0.2, 0.25) is 0 Å². The van der Waals surface area contributed by atoms with Gasteiger partial charge in [0.05, 0.1) is 5.56 Å². The maximum Gasteiger partial charge on any atom is 0.256 e. The molecule has 0 bridgehead atoms. The van der Waals surface area contributed by atoms with E-state index >= 15 is 0 Å². The van der Waals surface area contributed by atoms with Gasteiger partial charge in [0.2, 0.25) is 0 Å². The van der Waals surface area contributed by atoms with Crippen molar-refractivity contribution in [2.24, 2.45) is 11.8 Å². The first kappa shape index (κ1) is 14.4. The summed E-state index contributed by atoms with van der Waals surface area (Å²) in [5, 5.41) is 0. The number of amides is 1. The lowest BCUT2D eigenvalue weighted by Crippen LogP contribution is -2.45. The number of carbonyl (C=O) groups is 1. The number of nitrogens with zero attached hydrogens (tertiary/aromatic N) is 1. The topological polar surface area (TPSA) is 46.3 Å². The Kier molecular flexibility index (Phi) is 3.87. The second-order valence-electron chi connectivity index (χ2n) is 6.54. The second-order valence-corrected chi connectivity index (χ2v) is 6.54. The van der Waals surface area contributed by atoms with Crippen molar-refractivity contribution in [1.29, 1.82) is 0 Å². The highest BCUT2D eigenvalue weighted by Crippen LogP contribution is 2.36. The van der Waals surface area contributed by atoms with Crippen LogP contribution in [0.4, 0.5) is 10.1 Å². The molecule has 1 aromatic carbocycles. The van der Waals surface area contributed by atoms with Gasteiger partial charge in [-0.05, 0) is 49.3 Å². The highest BCUT2D eigenvalue weighted by molar-refractivity contribution is 5.95. The summed E-state index contributed by atoms with van der Waals surface area (Å²) in [7, 11) is 0. The first-order valence-electron chi connectivity index (χ1n) is 7.91. The Labute approximate surface area is 125 Å². The molecule has 3 nitrogen and oxygen atoms in total. The highest BCUT2D eigenvalue weighted by Gasteiger charge is 2.34. The van der Waals surface area contributed by atoms with Crippen LogP contribution >= 0.6 is 0 Å². The molecule has 4 heteroatoms. The van der Waals surface area contributed by atoms with E-state index in [1.165, 1.54) is 31.7 Å². The normalized spacial score (nSPS) is 25.5. The quantitative estimate of drug-likeness (QED) is 0.806. The Morgan fingerprint density at radius 2 is 1.95 bits per heavy atom. The molecule has 2 aliphatic rings. The number of likely N-dealkylation sites (tertiary alicyclic amines) is 1. The number of nitrogens with two attached hydrogens (primary N) is 1. The number of hydrogen-bond acceptors (Lipinski definition) is 2. The van der Waals surface area contributed by atoms with E-state index in [0.717, 1.165) is 25.4 Å². The Morgan fingerprint density at radius 1 is 1.24 bits per heavy atom. The Bertz CT molecular complexity index is 558. The first-order chi connectivity index (χ1) is 10.1. The number of fused-ring (bicyclic) bond motifs is 1. The van der Waals surface area contributed by atoms with Crippen LogP contribution in [0.15, 0.2) is 12.1 Å². The van der Waals surface area contributed by atoms with Gasteiger partial charge in [-0.2, -0.15) is 0 Å². The molecule has 1 amide bonds. The van der Waals surface area contributed by atoms with Crippen molar-refractivity contribution in [1.82, 2.24) is 4.90 Å². The molecule has 0 radical (unpaired) electrons. The van der Waals surface area contributed by atoms with Gasteiger partial charge in [-0.25, -0.2) is 4.39 Å². The fraction of sp³-hybridized carbons (Fsp3) is 0.588. The van der Waals surface area contributed by atoms with Crippen LogP contribution < -0.4 is 5.73 Å². The van der Waals surface area contributed by atoms with Crippen LogP contribution in [0.3, 0.4) is 0 Å². The predicted octanol–water partition coefficient (Wildman–Crippen LogP) is 3.37. The SMILES string of the molecule is Cc1cc(N)cc(C(=O)N2CCC3CCCCC3C2)c1F. The van der Waals surface area contributed by atoms with E-state index in [9.17, 15) is 9.18 Å². The van der Waals surface area contributed by atoms with Gasteiger partial charge in [0.15, 0.2) is 0 Å². The van der Waals surface area contributed by atoms with Crippen molar-refractivity contribution in [3.63, 3.8) is 0 Å². The smallest absolute Gasteiger partial charge is 0.256 e. The Morgan fingerprint density at radius 3 is 2.71 bits per heavy atom. The Hall–Kier alpha value is -1.58. The van der Waals surface area contributed by atoms with Gasteiger partial charge in [0.1, 0.15) is 5.82 Å². The summed E-state index contributed by atoms with van der Waals surface area (Å²) in [6, 6.07) is 3.04. The first-order valence-corrected chi connectivity index (χ1v) is 7.91. The minimum absolute atomic E-state index is 0.127. The van der Waals surface area contributed by atoms with Gasteiger partial charge >= 0.3 is 0 Å². The van der Waals surface area contributed by atoms with Gasteiger partial charge in [-0.3, -0.25) is 4.79 Å². The molecular weight excluding hydrogens is 267 g/mol. The number of hydrogen-bond donors (Lipinski definition) is 1. The zero-order chi connectivity index (χ0) is 15.0. The van der Waals surface area contributed by atoms with Crippen LogP contribution in [0, 0.1) is 24.6 Å². The minimum Gasteiger partial charge on any atom is -0.399 e. The molecule has 3 rings (SSSR count). The molecule has 1 aromatic rings. The molecule has 0 spiro atoms. The van der Waals surface area contributed by atoms with Gasteiger partial charge < -0.3 is 10.6 Å². The van der Waals surface area contributed by atoms with E-state index in [2.05, 4.69) is 0 Å². The van der Waals surface area contributed by atoms with Crippen molar-refractivity contribution >= 4 is 11.6 Å². The summed E-state index contributed by atoms with van der Waals surface area (Å²) in [6.07, 6.45) is 6.12. The van der Waals surface area contributed by atoms with E-state index in [4.69, 9.17) is 5.73 Å². The van der Waals surface area contributed by atoms with Crippen LogP contribution in [0.1, 0.15) is 48.0 Å². The second kappa shape index (κ2) is 5.66. The van der Waals surface area contributed by atoms with Crippen molar-refractivity contribution in [3.8, 4) is 0 Å². The maximum absolute atomic E-state index is 14.2. The summed E-state index contributed by atoms with van der Waals surface area (Å²) in [4.78, 5) is 14.5.